The first-order valence-corrected chi connectivity index (χ1v) is 11.7. The fraction of sp³-hybridized carbons (Fsp3) is 0.500. The van der Waals surface area contributed by atoms with E-state index in [0.29, 0.717) is 16.9 Å². The van der Waals surface area contributed by atoms with Gasteiger partial charge in [0.2, 0.25) is 11.8 Å². The van der Waals surface area contributed by atoms with Gasteiger partial charge in [0, 0.05) is 18.0 Å². The Labute approximate surface area is 166 Å². The number of hydrogen-bond donors (Lipinski definition) is 1. The van der Waals surface area contributed by atoms with Gasteiger partial charge in [-0.05, 0) is 37.1 Å². The zero-order valence-corrected chi connectivity index (χ0v) is 17.2. The van der Waals surface area contributed by atoms with Crippen LogP contribution in [0.4, 0.5) is 5.13 Å². The lowest BCUT2D eigenvalue weighted by atomic mass is 10.0. The molecule has 0 unspecified atom stereocenters. The molecule has 26 heavy (non-hydrogen) atoms. The Bertz CT molecular complexity index is 730. The van der Waals surface area contributed by atoms with Gasteiger partial charge in [-0.25, -0.2) is 4.98 Å². The fourth-order valence-corrected chi connectivity index (χ4v) is 5.28. The predicted molar refractivity (Wildman–Crippen MR) is 111 cm³/mol. The molecule has 0 bridgehead atoms. The minimum absolute atomic E-state index is 0.111. The van der Waals surface area contributed by atoms with Crippen molar-refractivity contribution in [1.82, 2.24) is 9.88 Å². The number of hydrogen-bond acceptors (Lipinski definition) is 6. The van der Waals surface area contributed by atoms with Crippen LogP contribution in [0.2, 0.25) is 0 Å². The molecule has 0 spiro atoms. The van der Waals surface area contributed by atoms with Crippen LogP contribution in [0.1, 0.15) is 32.6 Å². The molecule has 1 atom stereocenters. The Morgan fingerprint density at radius 2 is 2.23 bits per heavy atom. The van der Waals surface area contributed by atoms with Crippen LogP contribution in [-0.4, -0.2) is 45.8 Å². The first-order chi connectivity index (χ1) is 12.7. The Morgan fingerprint density at radius 1 is 1.35 bits per heavy atom. The fourth-order valence-electron chi connectivity index (χ4n) is 3.09. The van der Waals surface area contributed by atoms with Gasteiger partial charge in [-0.3, -0.25) is 9.59 Å². The number of thioether (sulfide) groups is 1. The third-order valence-electron chi connectivity index (χ3n) is 4.40. The second kappa shape index (κ2) is 9.53. The molecule has 1 saturated heterocycles. The van der Waals surface area contributed by atoms with E-state index in [2.05, 4.69) is 17.2 Å². The van der Waals surface area contributed by atoms with Crippen molar-refractivity contribution < 1.29 is 9.59 Å². The third-order valence-corrected chi connectivity index (χ3v) is 6.97. The van der Waals surface area contributed by atoms with Gasteiger partial charge >= 0.3 is 0 Å². The molecule has 1 aliphatic rings. The summed E-state index contributed by atoms with van der Waals surface area (Å²) < 4.78 is 0. The molecular weight excluding hydrogens is 386 g/mol. The number of thiazole rings is 1. The summed E-state index contributed by atoms with van der Waals surface area (Å²) in [7, 11) is 0. The Hall–Kier alpha value is -1.38. The molecule has 0 radical (unpaired) electrons. The summed E-state index contributed by atoms with van der Waals surface area (Å²) in [5.74, 6) is 0.677. The van der Waals surface area contributed by atoms with Crippen LogP contribution in [0.5, 0.6) is 0 Å². The normalized spacial score (nSPS) is 17.3. The number of anilines is 1. The smallest absolute Gasteiger partial charge is 0.236 e. The topological polar surface area (TPSA) is 62.3 Å². The number of likely N-dealkylation sites (tertiary alicyclic amines) is 1. The van der Waals surface area contributed by atoms with E-state index in [1.54, 1.807) is 11.3 Å². The summed E-state index contributed by atoms with van der Waals surface area (Å²) in [6, 6.07) is 4.37. The summed E-state index contributed by atoms with van der Waals surface area (Å²) in [5.41, 5.74) is 0.888. The number of nitrogens with one attached hydrogen (secondary N) is 1. The standard InChI is InChI=1S/C18H23N3O2S3/c1-2-13-6-3-4-8-21(13)17(23)12-24-11-16(22)20-18-19-14(10-26-18)15-7-5-9-25-15/h5,7,9-10,13H,2-4,6,8,11-12H2,1H3,(H,19,20,22)/t13-/m0/s1. The largest absolute Gasteiger partial charge is 0.339 e. The lowest BCUT2D eigenvalue weighted by molar-refractivity contribution is -0.132. The van der Waals surface area contributed by atoms with Crippen molar-refractivity contribution in [2.45, 2.75) is 38.6 Å². The van der Waals surface area contributed by atoms with E-state index in [9.17, 15) is 9.59 Å². The van der Waals surface area contributed by atoms with Gasteiger partial charge in [0.1, 0.15) is 0 Å². The molecule has 0 saturated carbocycles. The van der Waals surface area contributed by atoms with Crippen molar-refractivity contribution in [2.24, 2.45) is 0 Å². The molecule has 3 rings (SSSR count). The number of aromatic nitrogens is 1. The molecule has 3 heterocycles. The molecule has 2 aromatic heterocycles. The minimum atomic E-state index is -0.111. The summed E-state index contributed by atoms with van der Waals surface area (Å²) in [6.07, 6.45) is 4.40. The molecule has 140 valence electrons. The molecule has 1 N–H and O–H groups in total. The van der Waals surface area contributed by atoms with Crippen LogP contribution in [0.3, 0.4) is 0 Å². The number of piperidine rings is 1. The van der Waals surface area contributed by atoms with E-state index in [0.717, 1.165) is 36.4 Å². The number of amides is 2. The number of nitrogens with zero attached hydrogens (tertiary/aromatic N) is 2. The molecule has 0 aromatic carbocycles. The van der Waals surface area contributed by atoms with E-state index in [-0.39, 0.29) is 17.6 Å². The van der Waals surface area contributed by atoms with Gasteiger partial charge in [0.05, 0.1) is 22.1 Å². The number of thiophene rings is 1. The summed E-state index contributed by atoms with van der Waals surface area (Å²) >= 11 is 4.42. The average Bonchev–Trinajstić information content (AvgIpc) is 3.33. The molecule has 1 aliphatic heterocycles. The molecule has 2 aromatic rings. The highest BCUT2D eigenvalue weighted by Gasteiger charge is 2.25. The maximum atomic E-state index is 12.4. The SMILES string of the molecule is CC[C@H]1CCCCN1C(=O)CSCC(=O)Nc1nc(-c2cccs2)cs1. The van der Waals surface area contributed by atoms with Crippen molar-refractivity contribution in [3.05, 3.63) is 22.9 Å². The van der Waals surface area contributed by atoms with Gasteiger partial charge in [-0.2, -0.15) is 0 Å². The first kappa shape index (κ1) is 19.4. The quantitative estimate of drug-likeness (QED) is 0.739. The minimum Gasteiger partial charge on any atom is -0.339 e. The first-order valence-electron chi connectivity index (χ1n) is 8.84. The Morgan fingerprint density at radius 3 is 3.00 bits per heavy atom. The molecular formula is C18H23N3O2S3. The molecule has 5 nitrogen and oxygen atoms in total. The van der Waals surface area contributed by atoms with Crippen LogP contribution in [0.15, 0.2) is 22.9 Å². The van der Waals surface area contributed by atoms with Gasteiger partial charge in [-0.15, -0.1) is 34.4 Å². The molecule has 1 fully saturated rings. The monoisotopic (exact) mass is 409 g/mol. The highest BCUT2D eigenvalue weighted by Crippen LogP contribution is 2.28. The van der Waals surface area contributed by atoms with E-state index in [1.165, 1.54) is 29.5 Å². The lowest BCUT2D eigenvalue weighted by Crippen LogP contribution is -2.44. The van der Waals surface area contributed by atoms with Crippen molar-refractivity contribution in [3.63, 3.8) is 0 Å². The van der Waals surface area contributed by atoms with Gasteiger partial charge in [0.25, 0.3) is 0 Å². The van der Waals surface area contributed by atoms with E-state index < -0.39 is 0 Å². The number of carbonyl (C=O) groups is 2. The lowest BCUT2D eigenvalue weighted by Gasteiger charge is -2.35. The molecule has 8 heteroatoms. The van der Waals surface area contributed by atoms with E-state index in [1.807, 2.05) is 27.8 Å². The van der Waals surface area contributed by atoms with Gasteiger partial charge in [-0.1, -0.05) is 13.0 Å². The van der Waals surface area contributed by atoms with Gasteiger partial charge < -0.3 is 10.2 Å². The second-order valence-electron chi connectivity index (χ2n) is 6.20. The number of rotatable bonds is 7. The van der Waals surface area contributed by atoms with Crippen molar-refractivity contribution in [1.29, 1.82) is 0 Å². The van der Waals surface area contributed by atoms with Crippen molar-refractivity contribution >= 4 is 51.4 Å². The molecule has 2 amide bonds. The van der Waals surface area contributed by atoms with E-state index in [4.69, 9.17) is 0 Å². The summed E-state index contributed by atoms with van der Waals surface area (Å²) in [5, 5.41) is 7.38. The highest BCUT2D eigenvalue weighted by molar-refractivity contribution is 8.00. The maximum Gasteiger partial charge on any atom is 0.236 e. The van der Waals surface area contributed by atoms with Crippen molar-refractivity contribution in [2.75, 3.05) is 23.4 Å². The number of carbonyl (C=O) groups excluding carboxylic acids is 2. The van der Waals surface area contributed by atoms with Crippen LogP contribution >= 0.6 is 34.4 Å². The maximum absolute atomic E-state index is 12.4. The van der Waals surface area contributed by atoms with Crippen LogP contribution in [-0.2, 0) is 9.59 Å². The van der Waals surface area contributed by atoms with Crippen LogP contribution in [0, 0.1) is 0 Å². The van der Waals surface area contributed by atoms with Gasteiger partial charge in [0.15, 0.2) is 5.13 Å². The highest BCUT2D eigenvalue weighted by atomic mass is 32.2. The Kier molecular flexibility index (Phi) is 7.10. The average molecular weight is 410 g/mol. The van der Waals surface area contributed by atoms with Crippen LogP contribution in [0.25, 0.3) is 10.6 Å². The molecule has 0 aliphatic carbocycles. The van der Waals surface area contributed by atoms with Crippen LogP contribution < -0.4 is 5.32 Å². The van der Waals surface area contributed by atoms with E-state index >= 15 is 0 Å². The zero-order valence-electron chi connectivity index (χ0n) is 14.8. The predicted octanol–water partition coefficient (Wildman–Crippen LogP) is 4.33. The van der Waals surface area contributed by atoms with Crippen molar-refractivity contribution in [3.8, 4) is 10.6 Å². The Balaban J connectivity index is 1.42. The zero-order chi connectivity index (χ0) is 18.4. The second-order valence-corrected chi connectivity index (χ2v) is 8.99. The third kappa shape index (κ3) is 5.08. The summed E-state index contributed by atoms with van der Waals surface area (Å²) in [4.78, 5) is 32.0. The summed E-state index contributed by atoms with van der Waals surface area (Å²) in [6.45, 7) is 2.99.